The maximum atomic E-state index is 13.2. The molecule has 0 aliphatic heterocycles. The summed E-state index contributed by atoms with van der Waals surface area (Å²) >= 11 is 1.05. The molecule has 1 aromatic heterocycles. The largest absolute Gasteiger partial charge is 0.465 e. The van der Waals surface area contributed by atoms with Crippen molar-refractivity contribution in [2.75, 3.05) is 14.2 Å². The summed E-state index contributed by atoms with van der Waals surface area (Å²) in [5.41, 5.74) is 1.28. The van der Waals surface area contributed by atoms with E-state index in [1.54, 1.807) is 36.7 Å². The van der Waals surface area contributed by atoms with E-state index in [0.29, 0.717) is 5.56 Å². The van der Waals surface area contributed by atoms with E-state index in [-0.39, 0.29) is 28.3 Å². The number of hydrogen-bond donors (Lipinski definition) is 1. The molecule has 7 nitrogen and oxygen atoms in total. The van der Waals surface area contributed by atoms with Gasteiger partial charge in [-0.2, -0.15) is 4.31 Å². The van der Waals surface area contributed by atoms with Crippen LogP contribution < -0.4 is 5.32 Å². The highest BCUT2D eigenvalue weighted by molar-refractivity contribution is 7.89. The fourth-order valence-corrected chi connectivity index (χ4v) is 5.71. The van der Waals surface area contributed by atoms with Gasteiger partial charge in [0.2, 0.25) is 10.0 Å². The van der Waals surface area contributed by atoms with Gasteiger partial charge in [0, 0.05) is 25.2 Å². The molecule has 1 aliphatic rings. The predicted molar refractivity (Wildman–Crippen MR) is 101 cm³/mol. The lowest BCUT2D eigenvalue weighted by Crippen LogP contribution is -2.33. The van der Waals surface area contributed by atoms with Crippen LogP contribution in [-0.4, -0.2) is 44.8 Å². The first-order chi connectivity index (χ1) is 12.9. The van der Waals surface area contributed by atoms with Gasteiger partial charge in [-0.15, -0.1) is 11.3 Å². The number of nitrogens with zero attached hydrogens (tertiary/aromatic N) is 1. The molecule has 1 saturated carbocycles. The molecule has 1 amide bonds. The van der Waals surface area contributed by atoms with Crippen molar-refractivity contribution in [1.82, 2.24) is 9.62 Å². The summed E-state index contributed by atoms with van der Waals surface area (Å²) in [6.45, 7) is 0.178. The molecule has 1 heterocycles. The Bertz CT molecular complexity index is 946. The topological polar surface area (TPSA) is 92.8 Å². The Morgan fingerprint density at radius 1 is 1.22 bits per heavy atom. The molecule has 0 unspecified atom stereocenters. The van der Waals surface area contributed by atoms with Crippen LogP contribution in [0.15, 0.2) is 40.6 Å². The van der Waals surface area contributed by atoms with E-state index < -0.39 is 16.0 Å². The van der Waals surface area contributed by atoms with Gasteiger partial charge in [-0.05, 0) is 42.0 Å². The third-order valence-corrected chi connectivity index (χ3v) is 7.29. The molecule has 0 saturated heterocycles. The lowest BCUT2D eigenvalue weighted by Gasteiger charge is -2.22. The molecule has 0 bridgehead atoms. The minimum Gasteiger partial charge on any atom is -0.465 e. The number of carbonyl (C=O) groups excluding carboxylic acids is 2. The second-order valence-corrected chi connectivity index (χ2v) is 8.94. The first-order valence-electron chi connectivity index (χ1n) is 8.37. The van der Waals surface area contributed by atoms with Crippen LogP contribution in [0.1, 0.15) is 38.4 Å². The molecular formula is C18H20N2O5S2. The summed E-state index contributed by atoms with van der Waals surface area (Å²) in [6, 6.07) is 8.16. The molecule has 9 heteroatoms. The average Bonchev–Trinajstić information content (AvgIpc) is 3.39. The smallest absolute Gasteiger partial charge is 0.349 e. The zero-order valence-electron chi connectivity index (χ0n) is 15.0. The molecule has 1 N–H and O–H groups in total. The standard InChI is InChI=1S/C18H20N2O5S2/c1-19-17(21)13-5-3-12(4-6-13)11-20(14-7-8-14)27(23,24)15-9-10-26-16(15)18(22)25-2/h3-6,9-10,14H,7-8,11H2,1-2H3,(H,19,21). The summed E-state index contributed by atoms with van der Waals surface area (Å²) < 4.78 is 32.5. The quantitative estimate of drug-likeness (QED) is 0.710. The maximum absolute atomic E-state index is 13.2. The van der Waals surface area contributed by atoms with Gasteiger partial charge in [0.05, 0.1) is 7.11 Å². The summed E-state index contributed by atoms with van der Waals surface area (Å²) in [5, 5.41) is 4.12. The Morgan fingerprint density at radius 2 is 1.89 bits per heavy atom. The molecule has 3 rings (SSSR count). The number of methoxy groups -OCH3 is 1. The lowest BCUT2D eigenvalue weighted by molar-refractivity contribution is 0.0602. The summed E-state index contributed by atoms with van der Waals surface area (Å²) in [5.74, 6) is -0.858. The van der Waals surface area contributed by atoms with Crippen molar-refractivity contribution in [1.29, 1.82) is 0 Å². The van der Waals surface area contributed by atoms with Gasteiger partial charge in [0.1, 0.15) is 9.77 Å². The summed E-state index contributed by atoms with van der Waals surface area (Å²) in [4.78, 5) is 23.6. The average molecular weight is 409 g/mol. The van der Waals surface area contributed by atoms with E-state index in [1.165, 1.54) is 17.5 Å². The Balaban J connectivity index is 1.89. The van der Waals surface area contributed by atoms with Crippen molar-refractivity contribution >= 4 is 33.2 Å². The minimum absolute atomic E-state index is 0.0202. The SMILES string of the molecule is CNC(=O)c1ccc(CN(C2CC2)S(=O)(=O)c2ccsc2C(=O)OC)cc1. The monoisotopic (exact) mass is 408 g/mol. The normalized spacial score (nSPS) is 14.2. The van der Waals surface area contributed by atoms with Gasteiger partial charge < -0.3 is 10.1 Å². The molecule has 1 aliphatic carbocycles. The Morgan fingerprint density at radius 3 is 2.44 bits per heavy atom. The number of sulfonamides is 1. The van der Waals surface area contributed by atoms with E-state index >= 15 is 0 Å². The number of nitrogens with one attached hydrogen (secondary N) is 1. The van der Waals surface area contributed by atoms with Gasteiger partial charge in [-0.25, -0.2) is 13.2 Å². The molecule has 0 spiro atoms. The number of benzene rings is 1. The van der Waals surface area contributed by atoms with Crippen molar-refractivity contribution in [2.24, 2.45) is 0 Å². The number of rotatable bonds is 7. The molecule has 0 radical (unpaired) electrons. The molecule has 0 atom stereocenters. The second-order valence-electron chi connectivity index (χ2n) is 6.16. The number of hydrogen-bond acceptors (Lipinski definition) is 6. The number of amides is 1. The second kappa shape index (κ2) is 7.79. The van der Waals surface area contributed by atoms with Gasteiger partial charge in [-0.1, -0.05) is 12.1 Å². The van der Waals surface area contributed by atoms with Gasteiger partial charge in [-0.3, -0.25) is 4.79 Å². The van der Waals surface area contributed by atoms with Gasteiger partial charge in [0.15, 0.2) is 0 Å². The molecule has 1 fully saturated rings. The van der Waals surface area contributed by atoms with Crippen LogP contribution in [0.25, 0.3) is 0 Å². The van der Waals surface area contributed by atoms with E-state index in [4.69, 9.17) is 4.74 Å². The Kier molecular flexibility index (Phi) is 5.64. The summed E-state index contributed by atoms with van der Waals surface area (Å²) in [6.07, 6.45) is 1.57. The van der Waals surface area contributed by atoms with E-state index in [0.717, 1.165) is 29.7 Å². The molecular weight excluding hydrogens is 388 g/mol. The van der Waals surface area contributed by atoms with Crippen molar-refractivity contribution in [3.63, 3.8) is 0 Å². The Labute approximate surface area is 162 Å². The van der Waals surface area contributed by atoms with Crippen molar-refractivity contribution in [3.05, 3.63) is 51.7 Å². The number of carbonyl (C=O) groups is 2. The van der Waals surface area contributed by atoms with E-state index in [9.17, 15) is 18.0 Å². The first-order valence-corrected chi connectivity index (χ1v) is 10.7. The van der Waals surface area contributed by atoms with Crippen molar-refractivity contribution < 1.29 is 22.7 Å². The first kappa shape index (κ1) is 19.5. The third kappa shape index (κ3) is 4.05. The fourth-order valence-electron chi connectivity index (χ4n) is 2.73. The lowest BCUT2D eigenvalue weighted by atomic mass is 10.1. The van der Waals surface area contributed by atoms with Gasteiger partial charge >= 0.3 is 5.97 Å². The van der Waals surface area contributed by atoms with Crippen LogP contribution in [0.2, 0.25) is 0 Å². The van der Waals surface area contributed by atoms with E-state index in [2.05, 4.69) is 5.32 Å². The van der Waals surface area contributed by atoms with Crippen LogP contribution in [0.5, 0.6) is 0 Å². The molecule has 27 heavy (non-hydrogen) atoms. The van der Waals surface area contributed by atoms with Crippen LogP contribution in [0.3, 0.4) is 0 Å². The molecule has 1 aromatic carbocycles. The zero-order chi connectivity index (χ0) is 19.6. The van der Waals surface area contributed by atoms with Crippen LogP contribution in [0.4, 0.5) is 0 Å². The van der Waals surface area contributed by atoms with Gasteiger partial charge in [0.25, 0.3) is 5.91 Å². The third-order valence-electron chi connectivity index (χ3n) is 4.32. The van der Waals surface area contributed by atoms with Crippen molar-refractivity contribution in [3.8, 4) is 0 Å². The fraction of sp³-hybridized carbons (Fsp3) is 0.333. The van der Waals surface area contributed by atoms with Crippen molar-refractivity contribution in [2.45, 2.75) is 30.3 Å². The highest BCUT2D eigenvalue weighted by Gasteiger charge is 2.40. The van der Waals surface area contributed by atoms with Crippen LogP contribution >= 0.6 is 11.3 Å². The predicted octanol–water partition coefficient (Wildman–Crippen LogP) is 2.25. The molecule has 144 valence electrons. The summed E-state index contributed by atoms with van der Waals surface area (Å²) in [7, 11) is -1.07. The number of esters is 1. The minimum atomic E-state index is -3.85. The molecule has 2 aromatic rings. The zero-order valence-corrected chi connectivity index (χ0v) is 16.6. The van der Waals surface area contributed by atoms with Crippen LogP contribution in [-0.2, 0) is 21.3 Å². The maximum Gasteiger partial charge on any atom is 0.349 e. The van der Waals surface area contributed by atoms with Crippen LogP contribution in [0, 0.1) is 0 Å². The number of thiophene rings is 1. The van der Waals surface area contributed by atoms with E-state index in [1.807, 2.05) is 0 Å². The number of ether oxygens (including phenoxy) is 1. The highest BCUT2D eigenvalue weighted by Crippen LogP contribution is 2.35. The Hall–Kier alpha value is -2.23. The highest BCUT2D eigenvalue weighted by atomic mass is 32.2.